The molecule has 0 radical (unpaired) electrons. The lowest BCUT2D eigenvalue weighted by Gasteiger charge is -2.02. The van der Waals surface area contributed by atoms with Crippen LogP contribution in [0.3, 0.4) is 0 Å². The summed E-state index contributed by atoms with van der Waals surface area (Å²) >= 11 is 0. The van der Waals surface area contributed by atoms with Crippen LogP contribution in [0.5, 0.6) is 5.75 Å². The van der Waals surface area contributed by atoms with Crippen molar-refractivity contribution in [1.82, 2.24) is 0 Å². The van der Waals surface area contributed by atoms with Gasteiger partial charge in [-0.3, -0.25) is 0 Å². The van der Waals surface area contributed by atoms with E-state index in [4.69, 9.17) is 4.74 Å². The molecule has 0 spiro atoms. The molecule has 1 aromatic carbocycles. The first-order valence-corrected chi connectivity index (χ1v) is 5.10. The number of benzene rings is 1. The lowest BCUT2D eigenvalue weighted by atomic mass is 10.1. The topological polar surface area (TPSA) is 29.5 Å². The predicted molar refractivity (Wildman–Crippen MR) is 60.8 cm³/mol. The molecule has 0 bridgehead atoms. The third-order valence-electron chi connectivity index (χ3n) is 2.04. The van der Waals surface area contributed by atoms with E-state index in [0.717, 1.165) is 17.7 Å². The van der Waals surface area contributed by atoms with Gasteiger partial charge >= 0.3 is 0 Å². The average Bonchev–Trinajstić information content (AvgIpc) is 2.27. The molecule has 80 valence electrons. The first kappa shape index (κ1) is 11.6. The molecule has 1 atom stereocenters. The molecule has 1 aromatic rings. The number of aliphatic hydroxyl groups excluding tert-OH is 1. The van der Waals surface area contributed by atoms with Crippen LogP contribution in [0, 0.1) is 11.8 Å². The smallest absolute Gasteiger partial charge is 0.134 e. The van der Waals surface area contributed by atoms with E-state index < -0.39 is 6.10 Å². The van der Waals surface area contributed by atoms with Crippen molar-refractivity contribution in [3.8, 4) is 17.6 Å². The maximum Gasteiger partial charge on any atom is 0.134 e. The van der Waals surface area contributed by atoms with Crippen molar-refractivity contribution < 1.29 is 9.84 Å². The summed E-state index contributed by atoms with van der Waals surface area (Å²) in [4.78, 5) is 0. The highest BCUT2D eigenvalue weighted by Crippen LogP contribution is 2.15. The molecule has 0 aliphatic rings. The third-order valence-corrected chi connectivity index (χ3v) is 2.04. The van der Waals surface area contributed by atoms with E-state index in [1.54, 1.807) is 7.11 Å². The van der Waals surface area contributed by atoms with Gasteiger partial charge < -0.3 is 9.84 Å². The monoisotopic (exact) mass is 204 g/mol. The summed E-state index contributed by atoms with van der Waals surface area (Å²) in [6, 6.07) is 7.53. The Hall–Kier alpha value is -1.46. The molecule has 2 heteroatoms. The van der Waals surface area contributed by atoms with Gasteiger partial charge in [0, 0.05) is 0 Å². The molecule has 0 heterocycles. The highest BCUT2D eigenvalue weighted by molar-refractivity contribution is 5.46. The molecule has 0 saturated carbocycles. The molecule has 0 saturated heterocycles. The minimum absolute atomic E-state index is 0.542. The Morgan fingerprint density at radius 3 is 2.80 bits per heavy atom. The van der Waals surface area contributed by atoms with E-state index in [0.29, 0.717) is 6.42 Å². The zero-order valence-electron chi connectivity index (χ0n) is 9.16. The van der Waals surface area contributed by atoms with Gasteiger partial charge in [-0.05, 0) is 18.6 Å². The number of ether oxygens (including phenoxy) is 1. The van der Waals surface area contributed by atoms with Crippen molar-refractivity contribution >= 4 is 0 Å². The number of para-hydroxylation sites is 1. The largest absolute Gasteiger partial charge is 0.495 e. The lowest BCUT2D eigenvalue weighted by Crippen LogP contribution is -2.01. The summed E-state index contributed by atoms with van der Waals surface area (Å²) in [7, 11) is 1.61. The van der Waals surface area contributed by atoms with Gasteiger partial charge in [0.15, 0.2) is 0 Å². The van der Waals surface area contributed by atoms with E-state index in [1.165, 1.54) is 0 Å². The Bertz CT molecular complexity index is 360. The number of methoxy groups -OCH3 is 1. The van der Waals surface area contributed by atoms with Crippen molar-refractivity contribution in [2.45, 2.75) is 25.9 Å². The molecular formula is C13H16O2. The van der Waals surface area contributed by atoms with E-state index in [1.807, 2.05) is 31.2 Å². The quantitative estimate of drug-likeness (QED) is 0.765. The molecule has 0 unspecified atom stereocenters. The second-order valence-electron chi connectivity index (χ2n) is 3.27. The van der Waals surface area contributed by atoms with Crippen LogP contribution in [0.1, 0.15) is 25.3 Å². The Morgan fingerprint density at radius 1 is 1.40 bits per heavy atom. The van der Waals surface area contributed by atoms with Gasteiger partial charge in [-0.15, -0.1) is 0 Å². The summed E-state index contributed by atoms with van der Waals surface area (Å²) in [5.41, 5.74) is 0.815. The predicted octanol–water partition coefficient (Wildman–Crippen LogP) is 2.21. The van der Waals surface area contributed by atoms with Gasteiger partial charge in [-0.25, -0.2) is 0 Å². The Balaban J connectivity index is 2.78. The van der Waals surface area contributed by atoms with E-state index in [2.05, 4.69) is 11.8 Å². The Morgan fingerprint density at radius 2 is 2.13 bits per heavy atom. The lowest BCUT2D eigenvalue weighted by molar-refractivity contribution is 0.221. The number of hydrogen-bond acceptors (Lipinski definition) is 2. The van der Waals surface area contributed by atoms with Crippen molar-refractivity contribution in [3.05, 3.63) is 29.8 Å². The highest BCUT2D eigenvalue weighted by Gasteiger charge is 1.98. The van der Waals surface area contributed by atoms with Gasteiger partial charge in [0.05, 0.1) is 12.7 Å². The van der Waals surface area contributed by atoms with Gasteiger partial charge in [0.25, 0.3) is 0 Å². The fourth-order valence-corrected chi connectivity index (χ4v) is 1.25. The van der Waals surface area contributed by atoms with Crippen LogP contribution < -0.4 is 4.74 Å². The average molecular weight is 204 g/mol. The van der Waals surface area contributed by atoms with Crippen LogP contribution in [-0.4, -0.2) is 18.3 Å². The summed E-state index contributed by atoms with van der Waals surface area (Å²) in [6.45, 7) is 2.02. The molecule has 0 aromatic heterocycles. The molecule has 0 aliphatic carbocycles. The molecule has 1 N–H and O–H groups in total. The van der Waals surface area contributed by atoms with Crippen molar-refractivity contribution in [3.63, 3.8) is 0 Å². The minimum Gasteiger partial charge on any atom is -0.495 e. The van der Waals surface area contributed by atoms with Crippen molar-refractivity contribution in [2.75, 3.05) is 7.11 Å². The second kappa shape index (κ2) is 6.10. The molecule has 0 amide bonds. The first-order chi connectivity index (χ1) is 7.27. The van der Waals surface area contributed by atoms with Crippen LogP contribution in [0.15, 0.2) is 24.3 Å². The van der Waals surface area contributed by atoms with Gasteiger partial charge in [-0.2, -0.15) is 0 Å². The zero-order chi connectivity index (χ0) is 11.1. The molecule has 15 heavy (non-hydrogen) atoms. The summed E-state index contributed by atoms with van der Waals surface area (Å²) in [6.07, 6.45) is 1.10. The van der Waals surface area contributed by atoms with Crippen LogP contribution in [-0.2, 0) is 0 Å². The Kier molecular flexibility index (Phi) is 4.73. The maximum atomic E-state index is 9.46. The van der Waals surface area contributed by atoms with Crippen molar-refractivity contribution in [1.29, 1.82) is 0 Å². The first-order valence-electron chi connectivity index (χ1n) is 5.10. The molecule has 0 aliphatic heterocycles. The van der Waals surface area contributed by atoms with E-state index in [-0.39, 0.29) is 0 Å². The molecule has 0 fully saturated rings. The molecule has 1 rings (SSSR count). The van der Waals surface area contributed by atoms with Crippen LogP contribution in [0.2, 0.25) is 0 Å². The van der Waals surface area contributed by atoms with E-state index >= 15 is 0 Å². The number of aliphatic hydroxyl groups is 1. The van der Waals surface area contributed by atoms with Crippen LogP contribution in [0.25, 0.3) is 0 Å². The standard InChI is InChI=1S/C13H16O2/c1-3-6-12(14)10-9-11-7-4-5-8-13(11)15-2/h4-5,7-8,12,14H,3,6H2,1-2H3/t12-/m1/s1. The third kappa shape index (κ3) is 3.65. The van der Waals surface area contributed by atoms with Crippen molar-refractivity contribution in [2.24, 2.45) is 0 Å². The fraction of sp³-hybridized carbons (Fsp3) is 0.385. The SMILES string of the molecule is CCC[C@@H](O)C#Cc1ccccc1OC. The van der Waals surface area contributed by atoms with Gasteiger partial charge in [-0.1, -0.05) is 37.3 Å². The van der Waals surface area contributed by atoms with Crippen LogP contribution in [0.4, 0.5) is 0 Å². The zero-order valence-corrected chi connectivity index (χ0v) is 9.16. The normalized spacial score (nSPS) is 11.4. The Labute approximate surface area is 90.9 Å². The summed E-state index contributed by atoms with van der Waals surface area (Å²) in [5, 5.41) is 9.46. The van der Waals surface area contributed by atoms with Crippen LogP contribution >= 0.6 is 0 Å². The van der Waals surface area contributed by atoms with Gasteiger partial charge in [0.2, 0.25) is 0 Å². The second-order valence-corrected chi connectivity index (χ2v) is 3.27. The number of hydrogen-bond donors (Lipinski definition) is 1. The molecular weight excluding hydrogens is 188 g/mol. The van der Waals surface area contributed by atoms with E-state index in [9.17, 15) is 5.11 Å². The van der Waals surface area contributed by atoms with Gasteiger partial charge in [0.1, 0.15) is 11.9 Å². The maximum absolute atomic E-state index is 9.46. The fourth-order valence-electron chi connectivity index (χ4n) is 1.25. The number of rotatable bonds is 3. The highest BCUT2D eigenvalue weighted by atomic mass is 16.5. The molecule has 2 nitrogen and oxygen atoms in total. The summed E-state index contributed by atoms with van der Waals surface area (Å²) in [5.74, 6) is 6.47. The minimum atomic E-state index is -0.542. The summed E-state index contributed by atoms with van der Waals surface area (Å²) < 4.78 is 5.15.